The van der Waals surface area contributed by atoms with Gasteiger partial charge in [0.2, 0.25) is 0 Å². The molecule has 0 amide bonds. The molecule has 0 unspecified atom stereocenters. The molecule has 0 saturated carbocycles. The van der Waals surface area contributed by atoms with Gasteiger partial charge in [-0.1, -0.05) is 268 Å². The quantitative estimate of drug-likeness (QED) is 0.0793. The summed E-state index contributed by atoms with van der Waals surface area (Å²) in [5, 5.41) is 6.44. The van der Waals surface area contributed by atoms with Crippen molar-refractivity contribution in [2.24, 2.45) is 0 Å². The van der Waals surface area contributed by atoms with E-state index in [1.807, 2.05) is 127 Å². The van der Waals surface area contributed by atoms with Crippen LogP contribution in [0.15, 0.2) is 397 Å². The molecule has 0 aromatic heterocycles. The lowest BCUT2D eigenvalue weighted by atomic mass is 10.0. The number of nitrogen functional groups attached to an aromatic ring is 1. The molecule has 0 saturated heterocycles. The third-order valence-corrected chi connectivity index (χ3v) is 15.5. The van der Waals surface area contributed by atoms with E-state index in [1.54, 1.807) is 0 Å². The number of rotatable bonds is 13. The van der Waals surface area contributed by atoms with Crippen LogP contribution < -0.4 is 26.2 Å². The molecule has 0 aliphatic heterocycles. The highest BCUT2D eigenvalue weighted by Crippen LogP contribution is 2.39. The van der Waals surface area contributed by atoms with Crippen molar-refractivity contribution < 1.29 is 13.7 Å². The zero-order chi connectivity index (χ0) is 72.1. The summed E-state index contributed by atoms with van der Waals surface area (Å²) in [5.74, 6) is 0. The molecule has 0 atom stereocenters. The summed E-state index contributed by atoms with van der Waals surface area (Å²) in [6.45, 7) is 0. The minimum absolute atomic E-state index is 0.0432. The highest BCUT2D eigenvalue weighted by atomic mass is 127. The Balaban J connectivity index is 0.000000150. The fourth-order valence-electron chi connectivity index (χ4n) is 9.49. The number of hydrogen-bond donors (Lipinski definition) is 3. The molecule has 92 heavy (non-hydrogen) atoms. The summed E-state index contributed by atoms with van der Waals surface area (Å²) in [6.07, 6.45) is 0. The Bertz CT molecular complexity index is 4880. The molecular weight excluding hydrogens is 1370 g/mol. The largest absolute Gasteiger partial charge is 0.399 e. The first-order valence-electron chi connectivity index (χ1n) is 34.3. The van der Waals surface area contributed by atoms with Gasteiger partial charge in [0.15, 0.2) is 0 Å². The Hall–Kier alpha value is -10.2. The zero-order valence-electron chi connectivity index (χ0n) is 59.8. The average molecular weight is 1440 g/mol. The van der Waals surface area contributed by atoms with Crippen molar-refractivity contribution in [2.75, 3.05) is 26.2 Å². The molecule has 0 fully saturated rings. The maximum absolute atomic E-state index is 8.24. The molecule has 14 aromatic carbocycles. The van der Waals surface area contributed by atoms with Gasteiger partial charge in [0, 0.05) is 75.1 Å². The van der Waals surface area contributed by atoms with Crippen LogP contribution in [0, 0.1) is 3.57 Å². The summed E-state index contributed by atoms with van der Waals surface area (Å²) in [4.78, 5) is 4.38. The summed E-state index contributed by atoms with van der Waals surface area (Å²) < 4.78 is 79.6. The van der Waals surface area contributed by atoms with Crippen LogP contribution in [0.3, 0.4) is 0 Å². The predicted octanol–water partition coefficient (Wildman–Crippen LogP) is 25.6. The molecule has 5 nitrogen and oxygen atoms in total. The number of nitrogens with one attached hydrogen (secondary N) is 2. The molecule has 0 radical (unpaired) electrons. The van der Waals surface area contributed by atoms with Crippen molar-refractivity contribution in [2.45, 2.75) is 0 Å². The molecule has 14 aromatic rings. The predicted molar refractivity (Wildman–Crippen MR) is 410 cm³/mol. The summed E-state index contributed by atoms with van der Waals surface area (Å²) in [5.41, 5.74) is 21.3. The Kier molecular flexibility index (Phi) is 19.8. The van der Waals surface area contributed by atoms with Crippen molar-refractivity contribution in [3.8, 4) is 33.4 Å². The molecule has 0 bridgehead atoms. The number of halogens is 3. The topological polar surface area (TPSA) is 56.6 Å². The highest BCUT2D eigenvalue weighted by Gasteiger charge is 2.15. The molecule has 0 aliphatic rings. The number of nitrogens with two attached hydrogens (primary N) is 1. The van der Waals surface area contributed by atoms with Crippen LogP contribution in [-0.2, 0) is 0 Å². The molecule has 450 valence electrons. The van der Waals surface area contributed by atoms with Crippen LogP contribution in [0.5, 0.6) is 0 Å². The lowest BCUT2D eigenvalue weighted by Gasteiger charge is -2.26. The number of anilines is 11. The maximum atomic E-state index is 8.24. The second-order valence-electron chi connectivity index (χ2n) is 20.2. The molecule has 0 aliphatic carbocycles. The van der Waals surface area contributed by atoms with Gasteiger partial charge in [-0.3, -0.25) is 0 Å². The first-order valence-corrected chi connectivity index (χ1v) is 32.0. The standard InChI is InChI=1S/C30H24N2.C24H18BrN.C18H15N.C6H4BrI.C6H7N/c1-4-11-24(12-5-1)25-19-21-29(22-20-25)32(28-16-8-3-9-17-28)30-18-10-15-27(23-30)31-26-13-6-2-7-14-26;25-21-10-7-13-24(18-21)26(22-11-5-2-6-12-22)23-16-14-20(15-17-23)19-8-3-1-4-9-19;1-3-7-15(8-4-1)16-11-13-18(14-12-16)19-17-9-5-2-6-10-17;7-5-2-1-3-6(8)4-5;7-6-4-2-1-3-5-6/h1-23,31H;1-18H;1-14,19H;1-4H;1-5H,7H2/i2D,6D,7D,13D,14D;;;;1D,2D,3D,4D,5D. The van der Waals surface area contributed by atoms with Crippen molar-refractivity contribution in [1.82, 2.24) is 0 Å². The van der Waals surface area contributed by atoms with E-state index in [1.165, 1.54) is 25.8 Å². The van der Waals surface area contributed by atoms with E-state index in [9.17, 15) is 0 Å². The maximum Gasteiger partial charge on any atom is 0.0645 e. The number of para-hydroxylation sites is 5. The van der Waals surface area contributed by atoms with E-state index >= 15 is 0 Å². The normalized spacial score (nSPS) is 11.7. The SMILES string of the molecule is Brc1cccc(I)c1.Brc1cccc(N(c2ccccc2)c2ccc(-c3ccccc3)cc2)c1.[2H]c1c([2H])c([2H])c(N)c([2H])c1[2H].[2H]c1c([2H])c([2H])c(Nc2cccc(N(c3ccccc3)c3ccc(-c4ccccc4)cc3)c2)c([2H])c1[2H].c1ccc(Nc2ccc(-c3ccccc3)cc2)cc1. The van der Waals surface area contributed by atoms with Gasteiger partial charge in [0.25, 0.3) is 0 Å². The first-order chi connectivity index (χ1) is 49.4. The van der Waals surface area contributed by atoms with Crippen molar-refractivity contribution in [1.29, 1.82) is 0 Å². The minimum Gasteiger partial charge on any atom is -0.399 e. The van der Waals surface area contributed by atoms with Gasteiger partial charge in [-0.2, -0.15) is 0 Å². The fraction of sp³-hybridized carbons (Fsp3) is 0. The van der Waals surface area contributed by atoms with Gasteiger partial charge in [0.1, 0.15) is 0 Å². The average Bonchev–Trinajstić information content (AvgIpc) is 0.911. The van der Waals surface area contributed by atoms with Gasteiger partial charge < -0.3 is 26.2 Å². The zero-order valence-corrected chi connectivity index (χ0v) is 55.1. The van der Waals surface area contributed by atoms with Crippen LogP contribution >= 0.6 is 54.5 Å². The van der Waals surface area contributed by atoms with Crippen LogP contribution in [0.2, 0.25) is 0 Å². The second kappa shape index (κ2) is 34.7. The Labute approximate surface area is 586 Å². The third-order valence-electron chi connectivity index (χ3n) is 13.8. The van der Waals surface area contributed by atoms with E-state index in [-0.39, 0.29) is 47.6 Å². The Morgan fingerprint density at radius 2 is 0.587 bits per heavy atom. The number of benzene rings is 14. The molecule has 8 heteroatoms. The van der Waals surface area contributed by atoms with E-state index in [0.717, 1.165) is 65.6 Å². The molecule has 14 rings (SSSR count). The Morgan fingerprint density at radius 3 is 1.01 bits per heavy atom. The number of nitrogens with zero attached hydrogens (tertiary/aromatic N) is 2. The van der Waals surface area contributed by atoms with Gasteiger partial charge >= 0.3 is 0 Å². The fourth-order valence-corrected chi connectivity index (χ4v) is 11.3. The first kappa shape index (κ1) is 52.5. The molecule has 4 N–H and O–H groups in total. The van der Waals surface area contributed by atoms with Crippen LogP contribution in [0.25, 0.3) is 33.4 Å². The number of hydrogen-bond acceptors (Lipinski definition) is 5. The summed E-state index contributed by atoms with van der Waals surface area (Å²) in [6, 6.07) is 108. The second-order valence-corrected chi connectivity index (χ2v) is 23.3. The van der Waals surface area contributed by atoms with Crippen LogP contribution in [0.1, 0.15) is 13.7 Å². The van der Waals surface area contributed by atoms with Crippen LogP contribution in [-0.4, -0.2) is 0 Å². The van der Waals surface area contributed by atoms with Gasteiger partial charge in [-0.15, -0.1) is 0 Å². The van der Waals surface area contributed by atoms with E-state index in [4.69, 9.17) is 19.4 Å². The lowest BCUT2D eigenvalue weighted by molar-refractivity contribution is 1.28. The van der Waals surface area contributed by atoms with Crippen molar-refractivity contribution in [3.63, 3.8) is 0 Å². The molecule has 0 heterocycles. The van der Waals surface area contributed by atoms with Gasteiger partial charge in [0.05, 0.1) is 13.7 Å². The summed E-state index contributed by atoms with van der Waals surface area (Å²) >= 11 is 9.22. The van der Waals surface area contributed by atoms with E-state index < -0.39 is 24.2 Å². The highest BCUT2D eigenvalue weighted by molar-refractivity contribution is 14.1. The molecular formula is C84H68Br2IN5. The Morgan fingerprint density at radius 1 is 0.272 bits per heavy atom. The third kappa shape index (κ3) is 19.9. The van der Waals surface area contributed by atoms with E-state index in [0.29, 0.717) is 5.69 Å². The smallest absolute Gasteiger partial charge is 0.0645 e. The van der Waals surface area contributed by atoms with Crippen molar-refractivity contribution in [3.05, 3.63) is 401 Å². The van der Waals surface area contributed by atoms with Gasteiger partial charge in [-0.05, 0) is 208 Å². The minimum atomic E-state index is -0.417. The lowest BCUT2D eigenvalue weighted by Crippen LogP contribution is -2.10. The van der Waals surface area contributed by atoms with Crippen LogP contribution in [0.4, 0.5) is 62.6 Å². The van der Waals surface area contributed by atoms with Gasteiger partial charge in [-0.25, -0.2) is 0 Å². The monoisotopic (exact) mass is 1440 g/mol. The molecule has 0 spiro atoms. The summed E-state index contributed by atoms with van der Waals surface area (Å²) in [7, 11) is 0. The van der Waals surface area contributed by atoms with E-state index in [2.05, 4.69) is 275 Å². The van der Waals surface area contributed by atoms with Crippen molar-refractivity contribution >= 4 is 117 Å².